The van der Waals surface area contributed by atoms with E-state index in [4.69, 9.17) is 5.11 Å². The number of hydrogen-bond donors (Lipinski definition) is 2. The Morgan fingerprint density at radius 2 is 2.24 bits per heavy atom. The highest BCUT2D eigenvalue weighted by Gasteiger charge is 2.29. The molecule has 1 unspecified atom stereocenters. The van der Waals surface area contributed by atoms with Gasteiger partial charge in [0.2, 0.25) is 0 Å². The number of nitro benzene ring substituents is 1. The lowest BCUT2D eigenvalue weighted by atomic mass is 10.1. The van der Waals surface area contributed by atoms with E-state index in [1.165, 1.54) is 12.1 Å². The predicted octanol–water partition coefficient (Wildman–Crippen LogP) is 1.31. The molecule has 21 heavy (non-hydrogen) atoms. The van der Waals surface area contributed by atoms with Crippen LogP contribution in [0.2, 0.25) is 0 Å². The van der Waals surface area contributed by atoms with E-state index in [1.54, 1.807) is 16.7 Å². The smallest absolute Gasteiger partial charge is 0.305 e. The molecule has 2 heterocycles. The molecule has 0 aliphatic carbocycles. The molecule has 1 atom stereocenters. The molecule has 0 fully saturated rings. The molecule has 1 aromatic carbocycles. The number of hydrogen-bond acceptors (Lipinski definition) is 4. The number of fused-ring (bicyclic) bond motifs is 3. The van der Waals surface area contributed by atoms with E-state index in [1.807, 2.05) is 0 Å². The van der Waals surface area contributed by atoms with E-state index in [0.29, 0.717) is 16.6 Å². The van der Waals surface area contributed by atoms with Gasteiger partial charge < -0.3 is 15.0 Å². The maximum Gasteiger partial charge on any atom is 0.305 e. The first-order valence-electron chi connectivity index (χ1n) is 6.27. The van der Waals surface area contributed by atoms with Crippen LogP contribution in [0.25, 0.3) is 10.9 Å². The van der Waals surface area contributed by atoms with E-state index >= 15 is 0 Å². The second-order valence-corrected chi connectivity index (χ2v) is 4.86. The third-order valence-electron chi connectivity index (χ3n) is 3.54. The van der Waals surface area contributed by atoms with Gasteiger partial charge in [-0.15, -0.1) is 0 Å². The third-order valence-corrected chi connectivity index (χ3v) is 3.54. The van der Waals surface area contributed by atoms with Crippen molar-refractivity contribution in [1.82, 2.24) is 9.88 Å². The van der Waals surface area contributed by atoms with E-state index in [0.717, 1.165) is 0 Å². The van der Waals surface area contributed by atoms with E-state index in [-0.39, 0.29) is 24.6 Å². The monoisotopic (exact) mass is 289 g/mol. The van der Waals surface area contributed by atoms with Gasteiger partial charge in [-0.1, -0.05) is 0 Å². The maximum atomic E-state index is 11.9. The molecular weight excluding hydrogens is 278 g/mol. The summed E-state index contributed by atoms with van der Waals surface area (Å²) in [5.41, 5.74) is 0.875. The lowest BCUT2D eigenvalue weighted by Gasteiger charge is -2.26. The molecule has 0 saturated carbocycles. The lowest BCUT2D eigenvalue weighted by Crippen LogP contribution is -2.39. The van der Waals surface area contributed by atoms with Crippen LogP contribution in [-0.4, -0.2) is 33.0 Å². The van der Waals surface area contributed by atoms with E-state index < -0.39 is 16.9 Å². The summed E-state index contributed by atoms with van der Waals surface area (Å²) in [6.07, 6.45) is -0.131. The van der Waals surface area contributed by atoms with Crippen molar-refractivity contribution in [1.29, 1.82) is 0 Å². The topological polar surface area (TPSA) is 114 Å². The minimum Gasteiger partial charge on any atom is -0.481 e. The Balaban J connectivity index is 2.19. The first kappa shape index (κ1) is 13.1. The number of nitrogens with zero attached hydrogens (tertiary/aromatic N) is 2. The molecule has 0 bridgehead atoms. The fourth-order valence-corrected chi connectivity index (χ4v) is 2.66. The van der Waals surface area contributed by atoms with Gasteiger partial charge in [0.1, 0.15) is 5.69 Å². The second-order valence-electron chi connectivity index (χ2n) is 4.86. The average Bonchev–Trinajstić information content (AvgIpc) is 2.81. The number of nitro groups is 1. The number of aromatic nitrogens is 1. The number of non-ortho nitro benzene ring substituents is 1. The molecule has 1 aliphatic heterocycles. The van der Waals surface area contributed by atoms with Crippen LogP contribution >= 0.6 is 0 Å². The molecular formula is C13H11N3O5. The minimum absolute atomic E-state index is 0.0689. The van der Waals surface area contributed by atoms with Gasteiger partial charge in [-0.3, -0.25) is 19.7 Å². The van der Waals surface area contributed by atoms with Crippen LogP contribution < -0.4 is 5.32 Å². The Hall–Kier alpha value is -2.90. The molecule has 0 spiro atoms. The highest BCUT2D eigenvalue weighted by molar-refractivity contribution is 6.00. The van der Waals surface area contributed by atoms with E-state index in [9.17, 15) is 19.7 Å². The number of carbonyl (C=O) groups excluding carboxylic acids is 1. The molecule has 1 amide bonds. The summed E-state index contributed by atoms with van der Waals surface area (Å²) in [6.45, 7) is 0.221. The number of carboxylic acid groups (broad SMARTS) is 1. The third kappa shape index (κ3) is 2.10. The van der Waals surface area contributed by atoms with Crippen molar-refractivity contribution in [3.8, 4) is 0 Å². The predicted molar refractivity (Wildman–Crippen MR) is 72.2 cm³/mol. The van der Waals surface area contributed by atoms with Gasteiger partial charge in [-0.25, -0.2) is 0 Å². The first-order valence-corrected chi connectivity index (χ1v) is 6.27. The highest BCUT2D eigenvalue weighted by atomic mass is 16.6. The van der Waals surface area contributed by atoms with Crippen LogP contribution in [0.3, 0.4) is 0 Å². The molecule has 1 aliphatic rings. The minimum atomic E-state index is -0.967. The summed E-state index contributed by atoms with van der Waals surface area (Å²) in [5.74, 6) is -1.28. The number of carboxylic acids is 1. The van der Waals surface area contributed by atoms with Gasteiger partial charge in [0.25, 0.3) is 11.6 Å². The fourth-order valence-electron chi connectivity index (χ4n) is 2.66. The van der Waals surface area contributed by atoms with Crippen molar-refractivity contribution in [3.05, 3.63) is 40.1 Å². The van der Waals surface area contributed by atoms with E-state index in [2.05, 4.69) is 5.32 Å². The maximum absolute atomic E-state index is 11.9. The van der Waals surface area contributed by atoms with Crippen LogP contribution in [0.15, 0.2) is 24.3 Å². The van der Waals surface area contributed by atoms with Crippen LogP contribution in [0.4, 0.5) is 5.69 Å². The molecule has 2 N–H and O–H groups in total. The number of aliphatic carboxylic acids is 1. The molecule has 0 radical (unpaired) electrons. The van der Waals surface area contributed by atoms with Crippen LogP contribution in [0.5, 0.6) is 0 Å². The van der Waals surface area contributed by atoms with Gasteiger partial charge in [-0.2, -0.15) is 0 Å². The van der Waals surface area contributed by atoms with Crippen molar-refractivity contribution in [2.24, 2.45) is 0 Å². The van der Waals surface area contributed by atoms with Crippen LogP contribution in [0.1, 0.15) is 23.0 Å². The lowest BCUT2D eigenvalue weighted by molar-refractivity contribution is -0.384. The molecule has 8 heteroatoms. The molecule has 0 saturated heterocycles. The Bertz CT molecular complexity index is 779. The quantitative estimate of drug-likeness (QED) is 0.653. The largest absolute Gasteiger partial charge is 0.481 e. The van der Waals surface area contributed by atoms with Crippen molar-refractivity contribution < 1.29 is 19.6 Å². The highest BCUT2D eigenvalue weighted by Crippen LogP contribution is 2.30. The average molecular weight is 289 g/mol. The van der Waals surface area contributed by atoms with Crippen LogP contribution in [-0.2, 0) is 4.79 Å². The Morgan fingerprint density at radius 1 is 1.48 bits per heavy atom. The van der Waals surface area contributed by atoms with Gasteiger partial charge in [0.15, 0.2) is 0 Å². The summed E-state index contributed by atoms with van der Waals surface area (Å²) in [5, 5.41) is 23.0. The number of amides is 1. The number of nitrogens with one attached hydrogen (secondary N) is 1. The number of carbonyl (C=O) groups is 2. The summed E-state index contributed by atoms with van der Waals surface area (Å²) in [7, 11) is 0. The Labute approximate surface area is 118 Å². The van der Waals surface area contributed by atoms with Gasteiger partial charge in [0.05, 0.1) is 17.4 Å². The normalized spacial score (nSPS) is 17.3. The zero-order chi connectivity index (χ0) is 15.1. The zero-order valence-corrected chi connectivity index (χ0v) is 10.8. The standard InChI is InChI=1S/C13H11N3O5/c17-12(18)5-9-6-14-13(19)11-4-7-3-8(16(20)21)1-2-10(7)15(9)11/h1-4,9H,5-6H2,(H,14,19)(H,17,18). The van der Waals surface area contributed by atoms with Crippen molar-refractivity contribution in [2.45, 2.75) is 12.5 Å². The van der Waals surface area contributed by atoms with Gasteiger partial charge in [0, 0.05) is 29.6 Å². The fraction of sp³-hybridized carbons (Fsp3) is 0.231. The first-order chi connectivity index (χ1) is 9.97. The molecule has 8 nitrogen and oxygen atoms in total. The number of benzene rings is 1. The SMILES string of the molecule is O=C(O)CC1CNC(=O)c2cc3cc([N+](=O)[O-])ccc3n21. The Morgan fingerprint density at radius 3 is 2.90 bits per heavy atom. The second kappa shape index (κ2) is 4.58. The summed E-state index contributed by atoms with van der Waals surface area (Å²) in [6, 6.07) is 5.41. The molecule has 3 rings (SSSR count). The van der Waals surface area contributed by atoms with Crippen LogP contribution in [0, 0.1) is 10.1 Å². The Kier molecular flexibility index (Phi) is 2.86. The molecule has 108 valence electrons. The summed E-state index contributed by atoms with van der Waals surface area (Å²) >= 11 is 0. The van der Waals surface area contributed by atoms with Crippen molar-refractivity contribution >= 4 is 28.5 Å². The van der Waals surface area contributed by atoms with Gasteiger partial charge in [-0.05, 0) is 12.1 Å². The molecule has 2 aromatic rings. The summed E-state index contributed by atoms with van der Waals surface area (Å²) in [4.78, 5) is 33.1. The number of rotatable bonds is 3. The van der Waals surface area contributed by atoms with Gasteiger partial charge >= 0.3 is 5.97 Å². The van der Waals surface area contributed by atoms with Crippen molar-refractivity contribution in [3.63, 3.8) is 0 Å². The molecule has 1 aromatic heterocycles. The van der Waals surface area contributed by atoms with Crippen molar-refractivity contribution in [2.75, 3.05) is 6.54 Å². The zero-order valence-electron chi connectivity index (χ0n) is 10.8. The summed E-state index contributed by atoms with van der Waals surface area (Å²) < 4.78 is 1.64.